The summed E-state index contributed by atoms with van der Waals surface area (Å²) in [5.41, 5.74) is 7.80. The maximum absolute atomic E-state index is 14.3. The van der Waals surface area contributed by atoms with Crippen molar-refractivity contribution >= 4 is 17.2 Å². The Balaban J connectivity index is 1.65. The highest BCUT2D eigenvalue weighted by atomic mass is 19.1. The summed E-state index contributed by atoms with van der Waals surface area (Å²) < 4.78 is 22.1. The summed E-state index contributed by atoms with van der Waals surface area (Å²) in [5.74, 6) is 0.866. The molecule has 1 aromatic carbocycles. The van der Waals surface area contributed by atoms with Crippen molar-refractivity contribution in [2.24, 2.45) is 5.73 Å². The van der Waals surface area contributed by atoms with Crippen LogP contribution in [-0.4, -0.2) is 31.9 Å². The molecule has 0 bridgehead atoms. The minimum absolute atomic E-state index is 0.103. The van der Waals surface area contributed by atoms with E-state index >= 15 is 0 Å². The zero-order valence-corrected chi connectivity index (χ0v) is 16.4. The Hall–Kier alpha value is -3.13. The predicted octanol–water partition coefficient (Wildman–Crippen LogP) is 3.61. The summed E-state index contributed by atoms with van der Waals surface area (Å²) in [5, 5.41) is 17.1. The molecule has 8 heteroatoms. The van der Waals surface area contributed by atoms with Crippen LogP contribution in [0.2, 0.25) is 0 Å². The van der Waals surface area contributed by atoms with Crippen molar-refractivity contribution in [3.05, 3.63) is 59.7 Å². The van der Waals surface area contributed by atoms with E-state index in [1.807, 2.05) is 13.8 Å². The fourth-order valence-corrected chi connectivity index (χ4v) is 3.83. The van der Waals surface area contributed by atoms with Gasteiger partial charge in [0.1, 0.15) is 28.7 Å². The molecule has 0 amide bonds. The smallest absolute Gasteiger partial charge is 0.168 e. The first-order chi connectivity index (χ1) is 13.8. The number of hydrogen-bond donors (Lipinski definition) is 3. The molecule has 0 aliphatic carbocycles. The number of ether oxygens (including phenoxy) is 1. The lowest BCUT2D eigenvalue weighted by Crippen LogP contribution is -2.33. The lowest BCUT2D eigenvalue weighted by molar-refractivity contribution is 0.107. The monoisotopic (exact) mass is 397 g/mol. The second-order valence-electron chi connectivity index (χ2n) is 7.70. The van der Waals surface area contributed by atoms with Gasteiger partial charge in [0.25, 0.3) is 0 Å². The van der Waals surface area contributed by atoms with Crippen LogP contribution >= 0.6 is 0 Å². The van der Waals surface area contributed by atoms with Gasteiger partial charge in [0.15, 0.2) is 5.65 Å². The molecule has 3 aromatic rings. The zero-order valence-electron chi connectivity index (χ0n) is 16.4. The quantitative estimate of drug-likeness (QED) is 0.550. The van der Waals surface area contributed by atoms with Crippen LogP contribution in [0.3, 0.4) is 0 Å². The van der Waals surface area contributed by atoms with Crippen LogP contribution in [0.15, 0.2) is 37.2 Å². The molecule has 0 unspecified atom stereocenters. The third-order valence-corrected chi connectivity index (χ3v) is 5.26. The van der Waals surface area contributed by atoms with Gasteiger partial charge < -0.3 is 20.9 Å². The third kappa shape index (κ3) is 3.51. The lowest BCUT2D eigenvalue weighted by atomic mass is 9.94. The normalized spacial score (nSPS) is 19.0. The molecule has 2 aromatic heterocycles. The molecule has 152 valence electrons. The summed E-state index contributed by atoms with van der Waals surface area (Å²) in [4.78, 5) is 4.51. The predicted molar refractivity (Wildman–Crippen MR) is 109 cm³/mol. The zero-order chi connectivity index (χ0) is 20.8. The van der Waals surface area contributed by atoms with Gasteiger partial charge in [-0.2, -0.15) is 5.10 Å². The minimum atomic E-state index is -0.426. The molecule has 0 radical (unpaired) electrons. The van der Waals surface area contributed by atoms with E-state index in [1.165, 1.54) is 18.3 Å². The molecule has 0 fully saturated rings. The Morgan fingerprint density at radius 2 is 2.31 bits per heavy atom. The Morgan fingerprint density at radius 3 is 3.03 bits per heavy atom. The largest absolute Gasteiger partial charge is 0.508 e. The molecule has 0 saturated carbocycles. The van der Waals surface area contributed by atoms with E-state index in [9.17, 15) is 9.50 Å². The molecule has 29 heavy (non-hydrogen) atoms. The number of benzene rings is 1. The van der Waals surface area contributed by atoms with Crippen LogP contribution in [0, 0.1) is 5.82 Å². The highest BCUT2D eigenvalue weighted by Crippen LogP contribution is 2.42. The summed E-state index contributed by atoms with van der Waals surface area (Å²) in [6, 6.07) is 4.52. The van der Waals surface area contributed by atoms with Crippen LogP contribution in [0.1, 0.15) is 43.0 Å². The first kappa shape index (κ1) is 19.2. The Morgan fingerprint density at radius 1 is 1.52 bits per heavy atom. The topological polar surface area (TPSA) is 97.7 Å². The van der Waals surface area contributed by atoms with Gasteiger partial charge in [-0.1, -0.05) is 6.58 Å². The number of fused-ring (bicyclic) bond motifs is 2. The van der Waals surface area contributed by atoms with E-state index in [4.69, 9.17) is 10.5 Å². The molecule has 2 atom stereocenters. The number of nitrogens with zero attached hydrogens (tertiary/aromatic N) is 3. The van der Waals surface area contributed by atoms with E-state index in [0.29, 0.717) is 42.2 Å². The van der Waals surface area contributed by atoms with Crippen molar-refractivity contribution in [2.45, 2.75) is 38.3 Å². The number of aliphatic hydroxyl groups is 1. The number of halogens is 1. The van der Waals surface area contributed by atoms with E-state index < -0.39 is 5.60 Å². The van der Waals surface area contributed by atoms with Crippen LogP contribution in [-0.2, 0) is 6.42 Å². The highest BCUT2D eigenvalue weighted by molar-refractivity contribution is 5.70. The molecule has 1 aliphatic rings. The molecule has 0 spiro atoms. The molecule has 3 heterocycles. The number of aliphatic hydroxyl groups excluding tert-OH is 1. The first-order valence-electron chi connectivity index (χ1n) is 9.50. The standard InChI is InChI=1S/C21H24FN5O2/c1-12(25-18-4-7-27-20(26-18)17(11-24-27)13(2)28)16-9-15(22)8-14-10-21(3,5-6-23)29-19(14)16/h4,7-9,11-12,28H,2,5-6,10,23H2,1,3H3,(H,25,26)/t12-,21+/m1/s1. The van der Waals surface area contributed by atoms with Crippen LogP contribution in [0.5, 0.6) is 5.75 Å². The van der Waals surface area contributed by atoms with E-state index in [-0.39, 0.29) is 17.6 Å². The Labute approximate surface area is 168 Å². The molecular formula is C21H24FN5O2. The maximum Gasteiger partial charge on any atom is 0.168 e. The lowest BCUT2D eigenvalue weighted by Gasteiger charge is -2.24. The summed E-state index contributed by atoms with van der Waals surface area (Å²) in [7, 11) is 0. The van der Waals surface area contributed by atoms with Crippen molar-refractivity contribution < 1.29 is 14.2 Å². The Kier molecular flexibility index (Phi) is 4.66. The number of nitrogens with two attached hydrogens (primary N) is 1. The number of nitrogens with one attached hydrogen (secondary N) is 1. The SMILES string of the molecule is C=C(O)c1cnn2ccc(N[C@H](C)c3cc(F)cc4c3O[C@@](C)(CCN)C4)nc12. The maximum atomic E-state index is 14.3. The summed E-state index contributed by atoms with van der Waals surface area (Å²) >= 11 is 0. The van der Waals surface area contributed by atoms with Gasteiger partial charge >= 0.3 is 0 Å². The molecular weight excluding hydrogens is 373 g/mol. The number of hydrogen-bond acceptors (Lipinski definition) is 6. The van der Waals surface area contributed by atoms with Gasteiger partial charge in [0, 0.05) is 23.7 Å². The summed E-state index contributed by atoms with van der Waals surface area (Å²) in [6.45, 7) is 7.96. The fraction of sp³-hybridized carbons (Fsp3) is 0.333. The molecule has 7 nitrogen and oxygen atoms in total. The van der Waals surface area contributed by atoms with Crippen molar-refractivity contribution in [1.82, 2.24) is 14.6 Å². The molecule has 0 saturated heterocycles. The molecule has 4 N–H and O–H groups in total. The van der Waals surface area contributed by atoms with Crippen LogP contribution in [0.25, 0.3) is 11.4 Å². The summed E-state index contributed by atoms with van der Waals surface area (Å²) in [6.07, 6.45) is 4.55. The van der Waals surface area contributed by atoms with Crippen molar-refractivity contribution in [2.75, 3.05) is 11.9 Å². The van der Waals surface area contributed by atoms with E-state index in [2.05, 4.69) is 22.0 Å². The number of rotatable bonds is 6. The molecule has 4 rings (SSSR count). The Bertz CT molecular complexity index is 1100. The van der Waals surface area contributed by atoms with Crippen molar-refractivity contribution in [1.29, 1.82) is 0 Å². The van der Waals surface area contributed by atoms with Gasteiger partial charge in [-0.05, 0) is 45.0 Å². The van der Waals surface area contributed by atoms with Crippen LogP contribution in [0.4, 0.5) is 10.2 Å². The number of aromatic nitrogens is 3. The van der Waals surface area contributed by atoms with Gasteiger partial charge in [-0.25, -0.2) is 13.9 Å². The highest BCUT2D eigenvalue weighted by Gasteiger charge is 2.36. The first-order valence-corrected chi connectivity index (χ1v) is 9.50. The average Bonchev–Trinajstić information content (AvgIpc) is 3.21. The minimum Gasteiger partial charge on any atom is -0.508 e. The molecule has 1 aliphatic heterocycles. The van der Waals surface area contributed by atoms with Gasteiger partial charge in [0.2, 0.25) is 0 Å². The number of anilines is 1. The van der Waals surface area contributed by atoms with Gasteiger partial charge in [0.05, 0.1) is 17.8 Å². The van der Waals surface area contributed by atoms with E-state index in [1.54, 1.807) is 16.8 Å². The second-order valence-corrected chi connectivity index (χ2v) is 7.70. The second kappa shape index (κ2) is 7.04. The van der Waals surface area contributed by atoms with Crippen molar-refractivity contribution in [3.63, 3.8) is 0 Å². The van der Waals surface area contributed by atoms with E-state index in [0.717, 1.165) is 11.1 Å². The van der Waals surface area contributed by atoms with Gasteiger partial charge in [-0.3, -0.25) is 0 Å². The average molecular weight is 397 g/mol. The van der Waals surface area contributed by atoms with Crippen molar-refractivity contribution in [3.8, 4) is 5.75 Å². The van der Waals surface area contributed by atoms with Crippen LogP contribution < -0.4 is 15.8 Å². The van der Waals surface area contributed by atoms with Gasteiger partial charge in [-0.15, -0.1) is 0 Å². The fourth-order valence-electron chi connectivity index (χ4n) is 3.83. The third-order valence-electron chi connectivity index (χ3n) is 5.26.